The van der Waals surface area contributed by atoms with Gasteiger partial charge in [-0.05, 0) is 131 Å². The van der Waals surface area contributed by atoms with Crippen molar-refractivity contribution in [1.82, 2.24) is 0 Å². The van der Waals surface area contributed by atoms with Crippen molar-refractivity contribution in [2.75, 3.05) is 172 Å². The fourth-order valence-corrected chi connectivity index (χ4v) is 6.51. The molecule has 88 heavy (non-hydrogen) atoms. The van der Waals surface area contributed by atoms with Gasteiger partial charge in [0.15, 0.2) is 0 Å². The van der Waals surface area contributed by atoms with Crippen LogP contribution in [0.2, 0.25) is 0 Å². The quantitative estimate of drug-likeness (QED) is 0.0273. The molecule has 1 saturated carbocycles. The highest BCUT2D eigenvalue weighted by Crippen LogP contribution is 2.29. The second-order valence-corrected chi connectivity index (χ2v) is 22.8. The van der Waals surface area contributed by atoms with Crippen molar-refractivity contribution in [3.8, 4) is 0 Å². The molecule has 546 valence electrons. The first-order chi connectivity index (χ1) is 41.7. The summed E-state index contributed by atoms with van der Waals surface area (Å²) in [7, 11) is 0. The lowest BCUT2D eigenvalue weighted by molar-refractivity contribution is -0.0328. The van der Waals surface area contributed by atoms with E-state index in [0.717, 1.165) is 12.8 Å². The summed E-state index contributed by atoms with van der Waals surface area (Å²) in [6.45, 7) is 8.72. The Kier molecular flexibility index (Phi) is 93.9. The van der Waals surface area contributed by atoms with Gasteiger partial charge in [0.25, 0.3) is 0 Å². The maximum absolute atomic E-state index is 8.93. The molecule has 1 rings (SSSR count). The van der Waals surface area contributed by atoms with Crippen LogP contribution in [0.25, 0.3) is 0 Å². The minimum Gasteiger partial charge on any atom is -0.396 e. The maximum atomic E-state index is 8.93. The molecule has 0 saturated heterocycles. The van der Waals surface area contributed by atoms with Crippen LogP contribution in [0.3, 0.4) is 0 Å². The van der Waals surface area contributed by atoms with E-state index in [1.54, 1.807) is 6.92 Å². The average Bonchev–Trinajstić information content (AvgIpc) is 3.73. The van der Waals surface area contributed by atoms with Crippen LogP contribution >= 0.6 is 0 Å². The largest absolute Gasteiger partial charge is 0.396 e. The minimum atomic E-state index is -1.11. The van der Waals surface area contributed by atoms with Gasteiger partial charge in [0, 0.05) is 123 Å². The molecule has 0 amide bonds. The summed E-state index contributed by atoms with van der Waals surface area (Å²) in [6.07, 6.45) is 8.15. The van der Waals surface area contributed by atoms with Crippen molar-refractivity contribution in [2.45, 2.75) is 156 Å². The number of aliphatic hydroxyl groups is 29. The summed E-state index contributed by atoms with van der Waals surface area (Å²) in [5.74, 6) is 0.509. The Morgan fingerprint density at radius 1 is 0.273 bits per heavy atom. The van der Waals surface area contributed by atoms with E-state index in [2.05, 4.69) is 0 Å². The zero-order chi connectivity index (χ0) is 70.3. The Hall–Kier alpha value is -1.16. The molecule has 0 radical (unpaired) electrons. The van der Waals surface area contributed by atoms with Crippen LogP contribution in [0.5, 0.6) is 0 Å². The van der Waals surface area contributed by atoms with E-state index >= 15 is 0 Å². The van der Waals surface area contributed by atoms with E-state index in [1.165, 1.54) is 0 Å². The van der Waals surface area contributed by atoms with Crippen LogP contribution in [0.4, 0.5) is 0 Å². The van der Waals surface area contributed by atoms with Gasteiger partial charge in [0.05, 0.1) is 89.8 Å². The Morgan fingerprint density at radius 2 is 0.511 bits per heavy atom. The Labute approximate surface area is 525 Å². The molecule has 0 atom stereocenters. The Bertz CT molecular complexity index is 1090. The molecule has 1 aliphatic rings. The van der Waals surface area contributed by atoms with Crippen molar-refractivity contribution >= 4 is 0 Å². The SMILES string of the molecule is CC(CCO)(CCO)CCO.CC(CCO)CCO.CC(CO)(CCO)CCO.CC(CO)CO.CCC(CO)(CO)CO.OC1CC(O)CC(O)C1.OCC(CO)(CO)CO.OCC(CO)CO.OCCC(CCO)CCO.OCCC(CO)CCO. The smallest absolute Gasteiger partial charge is 0.0627 e. The van der Waals surface area contributed by atoms with Crippen molar-refractivity contribution in [1.29, 1.82) is 0 Å². The van der Waals surface area contributed by atoms with Crippen molar-refractivity contribution in [3.05, 3.63) is 0 Å². The molecule has 0 aromatic carbocycles. The number of rotatable bonds is 39. The fraction of sp³-hybridized carbons (Fsp3) is 1.00. The number of hydrogen-bond acceptors (Lipinski definition) is 29. The van der Waals surface area contributed by atoms with Crippen molar-refractivity contribution < 1.29 is 148 Å². The van der Waals surface area contributed by atoms with Crippen LogP contribution in [-0.2, 0) is 0 Å². The molecule has 0 unspecified atom stereocenters. The first kappa shape index (κ1) is 106. The summed E-state index contributed by atoms with van der Waals surface area (Å²) >= 11 is 0. The second-order valence-electron chi connectivity index (χ2n) is 22.8. The topological polar surface area (TPSA) is 587 Å². The molecular formula is C59H136O29. The normalized spacial score (nSPS) is 14.7. The molecule has 0 spiro atoms. The van der Waals surface area contributed by atoms with Gasteiger partial charge in [-0.1, -0.05) is 34.6 Å². The zero-order valence-corrected chi connectivity index (χ0v) is 54.3. The van der Waals surface area contributed by atoms with Crippen LogP contribution in [0.15, 0.2) is 0 Å². The zero-order valence-electron chi connectivity index (χ0n) is 54.3. The minimum absolute atomic E-state index is 0.0219. The van der Waals surface area contributed by atoms with E-state index in [-0.39, 0.29) is 180 Å². The van der Waals surface area contributed by atoms with Crippen LogP contribution in [-0.4, -0.2) is 338 Å². The predicted molar refractivity (Wildman–Crippen MR) is 332 cm³/mol. The van der Waals surface area contributed by atoms with Crippen LogP contribution in [0.1, 0.15) is 137 Å². The maximum Gasteiger partial charge on any atom is 0.0627 e. The monoisotopic (exact) mass is 1310 g/mol. The third kappa shape index (κ3) is 72.3. The van der Waals surface area contributed by atoms with Gasteiger partial charge in [0.2, 0.25) is 0 Å². The van der Waals surface area contributed by atoms with Crippen molar-refractivity contribution in [2.24, 2.45) is 51.2 Å². The molecule has 0 bridgehead atoms. The Morgan fingerprint density at radius 3 is 0.648 bits per heavy atom. The first-order valence-electron chi connectivity index (χ1n) is 30.6. The molecule has 1 fully saturated rings. The standard InChI is InChI=1S/C8H18O3.2C7H16O3.C6H12O3.2C6H14O3.C6H14O2.C5H12O4.C4H10O3.C4H10O2/c1-8(2-5-9,3-6-10)4-7-11;1-7(6-10,2-4-8)3-5-9;8-4-1-7(2-5-9)3-6-10;7-4-1-5(8)3-6(9)2-4;7-3-1-6(5-9)2-4-8;1-2-6(3-7,4-8)5-9;1-6(2-4-7)3-5-8;6-1-5(2-7,3-8)4-9;5-1-4(2-6)3-7;1-4(2-5)3-6/h9-11H,2-7H2,1H3;8-10H,2-6H2,1H3;7-10H,1-6H2;4-9H,1-3H2;6-9H,1-5H2;7-9H,2-5H2,1H3;6-8H,2-5H2,1H3;6-9H,1-4H2;4-7H,1-3H2;4-6H,2-3H2,1H3. The van der Waals surface area contributed by atoms with E-state index < -0.39 is 55.6 Å². The van der Waals surface area contributed by atoms with Gasteiger partial charge >= 0.3 is 0 Å². The summed E-state index contributed by atoms with van der Waals surface area (Å²) in [6, 6.07) is 0. The highest BCUT2D eigenvalue weighted by Gasteiger charge is 2.28. The van der Waals surface area contributed by atoms with Gasteiger partial charge in [-0.25, -0.2) is 0 Å². The van der Waals surface area contributed by atoms with E-state index in [0.29, 0.717) is 95.8 Å². The average molecular weight is 1310 g/mol. The molecular weight excluding hydrogens is 1170 g/mol. The van der Waals surface area contributed by atoms with Gasteiger partial charge in [0.1, 0.15) is 0 Å². The summed E-state index contributed by atoms with van der Waals surface area (Å²) < 4.78 is 0. The third-order valence-electron chi connectivity index (χ3n) is 14.3. The molecule has 0 aromatic rings. The summed E-state index contributed by atoms with van der Waals surface area (Å²) in [4.78, 5) is 0. The third-order valence-corrected chi connectivity index (χ3v) is 14.3. The molecule has 1 aliphatic carbocycles. The van der Waals surface area contributed by atoms with Gasteiger partial charge in [-0.3, -0.25) is 0 Å². The molecule has 0 aromatic heterocycles. The van der Waals surface area contributed by atoms with Crippen LogP contribution in [0, 0.1) is 51.2 Å². The molecule has 29 N–H and O–H groups in total. The molecule has 29 nitrogen and oxygen atoms in total. The Balaban J connectivity index is -0.000000113. The lowest BCUT2D eigenvalue weighted by Gasteiger charge is -2.26. The van der Waals surface area contributed by atoms with E-state index in [9.17, 15) is 0 Å². The predicted octanol–water partition coefficient (Wildman–Crippen LogP) is -5.87. The van der Waals surface area contributed by atoms with Crippen LogP contribution < -0.4 is 0 Å². The number of hydrogen-bond donors (Lipinski definition) is 29. The van der Waals surface area contributed by atoms with Gasteiger partial charge in [-0.2, -0.15) is 0 Å². The van der Waals surface area contributed by atoms with Crippen molar-refractivity contribution in [3.63, 3.8) is 0 Å². The highest BCUT2D eigenvalue weighted by atomic mass is 16.3. The summed E-state index contributed by atoms with van der Waals surface area (Å²) in [5, 5.41) is 247. The fourth-order valence-electron chi connectivity index (χ4n) is 6.51. The molecule has 29 heteroatoms. The van der Waals surface area contributed by atoms with E-state index in [1.807, 2.05) is 27.7 Å². The number of aliphatic hydroxyl groups excluding tert-OH is 29. The second kappa shape index (κ2) is 78.3. The van der Waals surface area contributed by atoms with Gasteiger partial charge in [-0.15, -0.1) is 0 Å². The lowest BCUT2D eigenvalue weighted by Crippen LogP contribution is -2.37. The first-order valence-corrected chi connectivity index (χ1v) is 30.6. The lowest BCUT2D eigenvalue weighted by atomic mass is 9.81. The molecule has 0 aliphatic heterocycles. The molecule has 0 heterocycles. The highest BCUT2D eigenvalue weighted by molar-refractivity contribution is 4.78. The summed E-state index contributed by atoms with van der Waals surface area (Å²) in [5.41, 5.74) is -2.18. The van der Waals surface area contributed by atoms with Gasteiger partial charge < -0.3 is 148 Å². The van der Waals surface area contributed by atoms with E-state index in [4.69, 9.17) is 148 Å².